The summed E-state index contributed by atoms with van der Waals surface area (Å²) in [5, 5.41) is 0.320. The molecule has 0 fully saturated rings. The van der Waals surface area contributed by atoms with Crippen LogP contribution in [0.2, 0.25) is 5.02 Å². The molecule has 152 valence electrons. The fourth-order valence-electron chi connectivity index (χ4n) is 3.08. The summed E-state index contributed by atoms with van der Waals surface area (Å²) in [6, 6.07) is 14.5. The number of amides is 1. The number of fused-ring (bicyclic) bond motifs is 1. The van der Waals surface area contributed by atoms with E-state index in [4.69, 9.17) is 16.0 Å². The van der Waals surface area contributed by atoms with Gasteiger partial charge in [-0.2, -0.15) is 13.2 Å². The van der Waals surface area contributed by atoms with Crippen LogP contribution in [0.1, 0.15) is 15.9 Å². The van der Waals surface area contributed by atoms with Crippen LogP contribution in [0.3, 0.4) is 0 Å². The van der Waals surface area contributed by atoms with Gasteiger partial charge in [-0.15, -0.1) is 0 Å². The molecule has 0 aliphatic heterocycles. The highest BCUT2D eigenvalue weighted by Gasteiger charge is 2.32. The summed E-state index contributed by atoms with van der Waals surface area (Å²) in [6.45, 7) is 0. The number of para-hydroxylation sites is 1. The number of halogens is 5. The van der Waals surface area contributed by atoms with Gasteiger partial charge in [0.2, 0.25) is 0 Å². The Morgan fingerprint density at radius 2 is 1.73 bits per heavy atom. The lowest BCUT2D eigenvalue weighted by molar-refractivity contribution is -0.137. The van der Waals surface area contributed by atoms with Crippen LogP contribution >= 0.6 is 11.6 Å². The van der Waals surface area contributed by atoms with Gasteiger partial charge in [0.15, 0.2) is 0 Å². The van der Waals surface area contributed by atoms with Crippen LogP contribution in [0.25, 0.3) is 11.0 Å². The molecule has 0 N–H and O–H groups in total. The zero-order valence-electron chi connectivity index (χ0n) is 15.1. The quantitative estimate of drug-likeness (QED) is 0.319. The Balaban J connectivity index is 1.89. The summed E-state index contributed by atoms with van der Waals surface area (Å²) in [5.41, 5.74) is -0.216. The number of nitrogens with zero attached hydrogens (tertiary/aromatic N) is 1. The molecule has 8 heteroatoms. The Bertz CT molecular complexity index is 1250. The van der Waals surface area contributed by atoms with E-state index in [2.05, 4.69) is 0 Å². The molecule has 3 nitrogen and oxygen atoms in total. The van der Waals surface area contributed by atoms with Gasteiger partial charge in [-0.05, 0) is 48.5 Å². The summed E-state index contributed by atoms with van der Waals surface area (Å²) in [5.74, 6) is -1.45. The first-order valence-corrected chi connectivity index (χ1v) is 9.06. The number of alkyl halides is 3. The molecular formula is C22H12ClF4NO2. The van der Waals surface area contributed by atoms with E-state index in [1.165, 1.54) is 24.5 Å². The van der Waals surface area contributed by atoms with Gasteiger partial charge in [-0.1, -0.05) is 29.8 Å². The molecule has 0 radical (unpaired) electrons. The second kappa shape index (κ2) is 7.50. The van der Waals surface area contributed by atoms with E-state index >= 15 is 0 Å². The van der Waals surface area contributed by atoms with Crippen LogP contribution in [-0.4, -0.2) is 5.91 Å². The van der Waals surface area contributed by atoms with Gasteiger partial charge < -0.3 is 4.42 Å². The first kappa shape index (κ1) is 20.0. The van der Waals surface area contributed by atoms with Crippen LogP contribution in [0.15, 0.2) is 77.4 Å². The fraction of sp³-hybridized carbons (Fsp3) is 0.0455. The molecular weight excluding hydrogens is 422 g/mol. The van der Waals surface area contributed by atoms with Crippen LogP contribution in [0.5, 0.6) is 0 Å². The fourth-order valence-corrected chi connectivity index (χ4v) is 3.26. The van der Waals surface area contributed by atoms with Crippen LogP contribution in [0, 0.1) is 5.82 Å². The van der Waals surface area contributed by atoms with E-state index in [1.807, 2.05) is 0 Å². The molecule has 0 bridgehead atoms. The van der Waals surface area contributed by atoms with Gasteiger partial charge in [-0.3, -0.25) is 9.69 Å². The molecule has 0 spiro atoms. The Morgan fingerprint density at radius 3 is 2.47 bits per heavy atom. The van der Waals surface area contributed by atoms with Gasteiger partial charge in [0.05, 0.1) is 22.0 Å². The first-order valence-electron chi connectivity index (χ1n) is 8.69. The molecule has 0 aliphatic carbocycles. The third-order valence-corrected chi connectivity index (χ3v) is 4.79. The van der Waals surface area contributed by atoms with E-state index in [-0.39, 0.29) is 22.0 Å². The van der Waals surface area contributed by atoms with E-state index < -0.39 is 23.5 Å². The van der Waals surface area contributed by atoms with Crippen molar-refractivity contribution in [2.45, 2.75) is 6.18 Å². The number of carbonyl (C=O) groups is 1. The second-order valence-electron chi connectivity index (χ2n) is 6.43. The van der Waals surface area contributed by atoms with Crippen molar-refractivity contribution in [3.63, 3.8) is 0 Å². The minimum absolute atomic E-state index is 0.176. The lowest BCUT2D eigenvalue weighted by Gasteiger charge is -2.22. The molecule has 4 rings (SSSR count). The average molecular weight is 434 g/mol. The van der Waals surface area contributed by atoms with E-state index in [9.17, 15) is 22.4 Å². The average Bonchev–Trinajstić information content (AvgIpc) is 3.14. The highest BCUT2D eigenvalue weighted by Crippen LogP contribution is 2.37. The van der Waals surface area contributed by atoms with E-state index in [0.717, 1.165) is 29.2 Å². The van der Waals surface area contributed by atoms with E-state index in [0.29, 0.717) is 11.0 Å². The van der Waals surface area contributed by atoms with Gasteiger partial charge in [0.25, 0.3) is 5.91 Å². The lowest BCUT2D eigenvalue weighted by Crippen LogP contribution is -2.26. The third kappa shape index (κ3) is 3.64. The maximum absolute atomic E-state index is 13.7. The minimum atomic E-state index is -4.61. The van der Waals surface area contributed by atoms with Crippen molar-refractivity contribution >= 4 is 39.9 Å². The Hall–Kier alpha value is -3.32. The Labute approximate surface area is 173 Å². The molecule has 0 unspecified atom stereocenters. The highest BCUT2D eigenvalue weighted by molar-refractivity contribution is 6.31. The molecule has 30 heavy (non-hydrogen) atoms. The summed E-state index contributed by atoms with van der Waals surface area (Å²) in [7, 11) is 0. The van der Waals surface area contributed by atoms with Crippen molar-refractivity contribution in [1.82, 2.24) is 0 Å². The topological polar surface area (TPSA) is 33.5 Å². The van der Waals surface area contributed by atoms with Crippen molar-refractivity contribution in [3.8, 4) is 0 Å². The molecule has 0 saturated carbocycles. The molecule has 1 aromatic heterocycles. The van der Waals surface area contributed by atoms with Crippen molar-refractivity contribution in [2.24, 2.45) is 0 Å². The molecule has 1 amide bonds. The maximum atomic E-state index is 13.7. The number of carbonyl (C=O) groups excluding carboxylic acids is 1. The van der Waals surface area contributed by atoms with Gasteiger partial charge >= 0.3 is 6.18 Å². The predicted molar refractivity (Wildman–Crippen MR) is 106 cm³/mol. The number of benzene rings is 3. The minimum Gasteiger partial charge on any atom is -0.462 e. The lowest BCUT2D eigenvalue weighted by atomic mass is 10.1. The summed E-state index contributed by atoms with van der Waals surface area (Å²) < 4.78 is 58.6. The van der Waals surface area contributed by atoms with Crippen molar-refractivity contribution in [1.29, 1.82) is 0 Å². The highest BCUT2D eigenvalue weighted by atomic mass is 35.5. The summed E-state index contributed by atoms with van der Waals surface area (Å²) >= 11 is 5.89. The maximum Gasteiger partial charge on any atom is 0.416 e. The summed E-state index contributed by atoms with van der Waals surface area (Å²) in [6.07, 6.45) is -3.30. The predicted octanol–water partition coefficient (Wildman–Crippen LogP) is 7.22. The van der Waals surface area contributed by atoms with Gasteiger partial charge in [0.1, 0.15) is 17.7 Å². The SMILES string of the molecule is O=C(c1cccc(C(F)(F)F)c1)N(c1ccc(F)c(Cl)c1)c1coc2ccccc12. The first-order chi connectivity index (χ1) is 14.3. The number of rotatable bonds is 3. The second-order valence-corrected chi connectivity index (χ2v) is 6.84. The van der Waals surface area contributed by atoms with Gasteiger partial charge in [-0.25, -0.2) is 4.39 Å². The van der Waals surface area contributed by atoms with Crippen LogP contribution in [0.4, 0.5) is 28.9 Å². The molecule has 0 saturated heterocycles. The molecule has 1 heterocycles. The van der Waals surface area contributed by atoms with Crippen LogP contribution < -0.4 is 4.90 Å². The van der Waals surface area contributed by atoms with Crippen molar-refractivity contribution in [2.75, 3.05) is 4.90 Å². The normalized spacial score (nSPS) is 11.6. The largest absolute Gasteiger partial charge is 0.462 e. The Morgan fingerprint density at radius 1 is 0.967 bits per heavy atom. The van der Waals surface area contributed by atoms with Crippen LogP contribution in [-0.2, 0) is 6.18 Å². The third-order valence-electron chi connectivity index (χ3n) is 4.50. The standard InChI is InChI=1S/C22H12ClF4NO2/c23-17-11-15(8-9-18(17)24)28(19-12-30-20-7-2-1-6-16(19)20)21(29)13-4-3-5-14(10-13)22(25,26)27/h1-12H. The Kier molecular flexibility index (Phi) is 4.99. The van der Waals surface area contributed by atoms with Gasteiger partial charge in [0, 0.05) is 10.9 Å². The molecule has 3 aromatic carbocycles. The van der Waals surface area contributed by atoms with Crippen molar-refractivity contribution in [3.05, 3.63) is 95.0 Å². The smallest absolute Gasteiger partial charge is 0.416 e. The number of anilines is 2. The number of hydrogen-bond acceptors (Lipinski definition) is 2. The zero-order valence-corrected chi connectivity index (χ0v) is 15.8. The molecule has 0 aliphatic rings. The van der Waals surface area contributed by atoms with E-state index in [1.54, 1.807) is 24.3 Å². The summed E-state index contributed by atoms with van der Waals surface area (Å²) in [4.78, 5) is 14.5. The van der Waals surface area contributed by atoms with Crippen molar-refractivity contribution < 1.29 is 26.8 Å². The number of furan rings is 1. The molecule has 4 aromatic rings. The zero-order chi connectivity index (χ0) is 21.5. The monoisotopic (exact) mass is 433 g/mol. The molecule has 0 atom stereocenters. The number of hydrogen-bond donors (Lipinski definition) is 0.